The number of nitrogens with one attached hydrogen (secondary N) is 1. The SMILES string of the molecule is O=C(CCc1ccc(Cl)c(Cl)c1)NCc1ccc(Cl)cc1. The van der Waals surface area contributed by atoms with E-state index in [-0.39, 0.29) is 5.91 Å². The minimum atomic E-state index is -0.00368. The molecule has 2 rings (SSSR count). The molecule has 2 aromatic carbocycles. The zero-order valence-electron chi connectivity index (χ0n) is 11.2. The smallest absolute Gasteiger partial charge is 0.220 e. The van der Waals surface area contributed by atoms with Gasteiger partial charge in [0.25, 0.3) is 0 Å². The summed E-state index contributed by atoms with van der Waals surface area (Å²) in [6.07, 6.45) is 1.04. The lowest BCUT2D eigenvalue weighted by Crippen LogP contribution is -2.22. The van der Waals surface area contributed by atoms with Crippen molar-refractivity contribution in [2.45, 2.75) is 19.4 Å². The molecular weight excluding hydrogens is 329 g/mol. The Morgan fingerprint density at radius 3 is 2.24 bits per heavy atom. The number of benzene rings is 2. The molecule has 0 radical (unpaired) electrons. The third-order valence-corrected chi connectivity index (χ3v) is 4.02. The first-order valence-electron chi connectivity index (χ1n) is 6.49. The topological polar surface area (TPSA) is 29.1 Å². The normalized spacial score (nSPS) is 10.4. The predicted octanol–water partition coefficient (Wildman–Crippen LogP) is 4.90. The van der Waals surface area contributed by atoms with Gasteiger partial charge in [-0.25, -0.2) is 0 Å². The third kappa shape index (κ3) is 5.24. The molecule has 0 aliphatic heterocycles. The van der Waals surface area contributed by atoms with Crippen molar-refractivity contribution in [3.63, 3.8) is 0 Å². The molecule has 0 saturated carbocycles. The van der Waals surface area contributed by atoms with Gasteiger partial charge in [0.15, 0.2) is 0 Å². The molecule has 0 aliphatic rings. The fourth-order valence-electron chi connectivity index (χ4n) is 1.84. The number of aryl methyl sites for hydroxylation is 1. The standard InChI is InChI=1S/C16H14Cl3NO/c17-13-5-1-12(2-6-13)10-20-16(21)8-4-11-3-7-14(18)15(19)9-11/h1-3,5-7,9H,4,8,10H2,(H,20,21). The Kier molecular flexibility index (Phi) is 5.92. The van der Waals surface area contributed by atoms with Crippen LogP contribution in [0.2, 0.25) is 15.1 Å². The lowest BCUT2D eigenvalue weighted by atomic mass is 10.1. The summed E-state index contributed by atoms with van der Waals surface area (Å²) in [6, 6.07) is 12.8. The van der Waals surface area contributed by atoms with E-state index >= 15 is 0 Å². The quantitative estimate of drug-likeness (QED) is 0.823. The second kappa shape index (κ2) is 7.69. The first kappa shape index (κ1) is 16.2. The van der Waals surface area contributed by atoms with Crippen molar-refractivity contribution in [1.29, 1.82) is 0 Å². The highest BCUT2D eigenvalue weighted by molar-refractivity contribution is 6.42. The molecule has 0 unspecified atom stereocenters. The van der Waals surface area contributed by atoms with Crippen LogP contribution in [0.1, 0.15) is 17.5 Å². The van der Waals surface area contributed by atoms with Crippen molar-refractivity contribution in [3.8, 4) is 0 Å². The summed E-state index contributed by atoms with van der Waals surface area (Å²) >= 11 is 17.6. The second-order valence-electron chi connectivity index (χ2n) is 4.65. The van der Waals surface area contributed by atoms with Gasteiger partial charge in [0.2, 0.25) is 5.91 Å². The molecule has 1 amide bonds. The van der Waals surface area contributed by atoms with Gasteiger partial charge in [-0.15, -0.1) is 0 Å². The van der Waals surface area contributed by atoms with Crippen molar-refractivity contribution >= 4 is 40.7 Å². The molecule has 21 heavy (non-hydrogen) atoms. The van der Waals surface area contributed by atoms with Crippen LogP contribution in [-0.2, 0) is 17.8 Å². The number of hydrogen-bond donors (Lipinski definition) is 1. The van der Waals surface area contributed by atoms with Crippen LogP contribution < -0.4 is 5.32 Å². The van der Waals surface area contributed by atoms with Crippen LogP contribution in [0.15, 0.2) is 42.5 Å². The Morgan fingerprint density at radius 1 is 0.905 bits per heavy atom. The van der Waals surface area contributed by atoms with Gasteiger partial charge in [0.1, 0.15) is 0 Å². The number of halogens is 3. The van der Waals surface area contributed by atoms with Gasteiger partial charge in [0, 0.05) is 18.0 Å². The van der Waals surface area contributed by atoms with E-state index in [2.05, 4.69) is 5.32 Å². The van der Waals surface area contributed by atoms with E-state index in [0.717, 1.165) is 11.1 Å². The van der Waals surface area contributed by atoms with Crippen LogP contribution in [-0.4, -0.2) is 5.91 Å². The number of amides is 1. The Labute approximate surface area is 139 Å². The van der Waals surface area contributed by atoms with E-state index in [1.54, 1.807) is 24.3 Å². The maximum absolute atomic E-state index is 11.8. The molecule has 1 N–H and O–H groups in total. The van der Waals surface area contributed by atoms with E-state index in [1.165, 1.54) is 0 Å². The molecule has 0 fully saturated rings. The summed E-state index contributed by atoms with van der Waals surface area (Å²) in [6.45, 7) is 0.497. The van der Waals surface area contributed by atoms with Gasteiger partial charge < -0.3 is 5.32 Å². The van der Waals surface area contributed by atoms with Crippen molar-refractivity contribution in [2.24, 2.45) is 0 Å². The van der Waals surface area contributed by atoms with Crippen molar-refractivity contribution in [3.05, 3.63) is 68.7 Å². The van der Waals surface area contributed by atoms with Crippen molar-refractivity contribution in [2.75, 3.05) is 0 Å². The molecular formula is C16H14Cl3NO. The van der Waals surface area contributed by atoms with E-state index in [0.29, 0.717) is 34.5 Å². The minimum Gasteiger partial charge on any atom is -0.352 e. The van der Waals surface area contributed by atoms with Gasteiger partial charge in [-0.2, -0.15) is 0 Å². The molecule has 5 heteroatoms. The summed E-state index contributed by atoms with van der Waals surface area (Å²) in [7, 11) is 0. The van der Waals surface area contributed by atoms with Crippen LogP contribution in [0.25, 0.3) is 0 Å². The molecule has 0 aliphatic carbocycles. The Balaban J connectivity index is 1.79. The molecule has 0 bridgehead atoms. The lowest BCUT2D eigenvalue weighted by Gasteiger charge is -2.06. The van der Waals surface area contributed by atoms with Gasteiger partial charge in [-0.1, -0.05) is 53.0 Å². The fourth-order valence-corrected chi connectivity index (χ4v) is 2.29. The first-order valence-corrected chi connectivity index (χ1v) is 7.63. The Bertz CT molecular complexity index is 626. The number of rotatable bonds is 5. The zero-order valence-corrected chi connectivity index (χ0v) is 13.5. The van der Waals surface area contributed by atoms with E-state index in [9.17, 15) is 4.79 Å². The van der Waals surface area contributed by atoms with E-state index in [1.807, 2.05) is 18.2 Å². The van der Waals surface area contributed by atoms with Gasteiger partial charge in [0.05, 0.1) is 10.0 Å². The third-order valence-electron chi connectivity index (χ3n) is 3.03. The maximum atomic E-state index is 11.8. The second-order valence-corrected chi connectivity index (χ2v) is 5.90. The fraction of sp³-hybridized carbons (Fsp3) is 0.188. The summed E-state index contributed by atoms with van der Waals surface area (Å²) in [5, 5.41) is 4.59. The van der Waals surface area contributed by atoms with Gasteiger partial charge >= 0.3 is 0 Å². The average molecular weight is 343 g/mol. The molecule has 2 aromatic rings. The zero-order chi connectivity index (χ0) is 15.2. The Hall–Kier alpha value is -1.22. The molecule has 0 heterocycles. The predicted molar refractivity (Wildman–Crippen MR) is 88.1 cm³/mol. The van der Waals surface area contributed by atoms with Crippen LogP contribution in [0, 0.1) is 0 Å². The number of carbonyl (C=O) groups excluding carboxylic acids is 1. The summed E-state index contributed by atoms with van der Waals surface area (Å²) in [4.78, 5) is 11.8. The van der Waals surface area contributed by atoms with Gasteiger partial charge in [-0.05, 0) is 41.8 Å². The average Bonchev–Trinajstić information content (AvgIpc) is 2.48. The molecule has 110 valence electrons. The molecule has 2 nitrogen and oxygen atoms in total. The highest BCUT2D eigenvalue weighted by atomic mass is 35.5. The highest BCUT2D eigenvalue weighted by Gasteiger charge is 2.04. The van der Waals surface area contributed by atoms with E-state index < -0.39 is 0 Å². The maximum Gasteiger partial charge on any atom is 0.220 e. The monoisotopic (exact) mass is 341 g/mol. The molecule has 0 spiro atoms. The number of hydrogen-bond acceptors (Lipinski definition) is 1. The van der Waals surface area contributed by atoms with Crippen molar-refractivity contribution < 1.29 is 4.79 Å². The summed E-state index contributed by atoms with van der Waals surface area (Å²) in [5.41, 5.74) is 2.01. The lowest BCUT2D eigenvalue weighted by molar-refractivity contribution is -0.121. The summed E-state index contributed by atoms with van der Waals surface area (Å²) in [5.74, 6) is -0.00368. The highest BCUT2D eigenvalue weighted by Crippen LogP contribution is 2.23. The minimum absolute atomic E-state index is 0.00368. The van der Waals surface area contributed by atoms with Crippen molar-refractivity contribution in [1.82, 2.24) is 5.32 Å². The summed E-state index contributed by atoms with van der Waals surface area (Å²) < 4.78 is 0. The Morgan fingerprint density at radius 2 is 1.57 bits per heavy atom. The van der Waals surface area contributed by atoms with Crippen LogP contribution in [0.4, 0.5) is 0 Å². The van der Waals surface area contributed by atoms with Crippen LogP contribution in [0.5, 0.6) is 0 Å². The molecule has 0 saturated heterocycles. The molecule has 0 aromatic heterocycles. The number of carbonyl (C=O) groups is 1. The largest absolute Gasteiger partial charge is 0.352 e. The van der Waals surface area contributed by atoms with Gasteiger partial charge in [-0.3, -0.25) is 4.79 Å². The molecule has 0 atom stereocenters. The first-order chi connectivity index (χ1) is 10.0. The van der Waals surface area contributed by atoms with E-state index in [4.69, 9.17) is 34.8 Å². The van der Waals surface area contributed by atoms with Crippen LogP contribution in [0.3, 0.4) is 0 Å². The van der Waals surface area contributed by atoms with Crippen LogP contribution >= 0.6 is 34.8 Å².